The first kappa shape index (κ1) is 11.9. The minimum Gasteiger partial charge on any atom is -0.287 e. The second kappa shape index (κ2) is 5.06. The van der Waals surface area contributed by atoms with E-state index in [1.807, 2.05) is 0 Å². The van der Waals surface area contributed by atoms with E-state index < -0.39 is 0 Å². The van der Waals surface area contributed by atoms with Crippen molar-refractivity contribution in [3.63, 3.8) is 0 Å². The predicted octanol–water partition coefficient (Wildman–Crippen LogP) is 0.332. The van der Waals surface area contributed by atoms with E-state index in [2.05, 4.69) is 0 Å². The van der Waals surface area contributed by atoms with Crippen molar-refractivity contribution in [1.82, 2.24) is 4.90 Å². The third-order valence-electron chi connectivity index (χ3n) is 1.95. The molecule has 5 nitrogen and oxygen atoms in total. The predicted molar refractivity (Wildman–Crippen MR) is 53.9 cm³/mol. The van der Waals surface area contributed by atoms with Crippen LogP contribution in [0.3, 0.4) is 0 Å². The van der Waals surface area contributed by atoms with E-state index in [0.717, 1.165) is 4.90 Å². The molecular formula is C9H11NO4S. The Hall–Kier alpha value is -1.17. The molecule has 0 aromatic carbocycles. The first-order chi connectivity index (χ1) is 7.00. The summed E-state index contributed by atoms with van der Waals surface area (Å²) < 4.78 is 0. The average Bonchev–Trinajstić information content (AvgIpc) is 2.42. The number of carbonyl (C=O) groups is 4. The van der Waals surface area contributed by atoms with E-state index in [4.69, 9.17) is 0 Å². The zero-order chi connectivity index (χ0) is 11.4. The van der Waals surface area contributed by atoms with Gasteiger partial charge in [-0.25, -0.2) is 0 Å². The molecule has 1 rings (SSSR count). The lowest BCUT2D eigenvalue weighted by Gasteiger charge is -2.11. The summed E-state index contributed by atoms with van der Waals surface area (Å²) in [4.78, 5) is 45.1. The molecule has 82 valence electrons. The van der Waals surface area contributed by atoms with Crippen molar-refractivity contribution in [3.05, 3.63) is 0 Å². The van der Waals surface area contributed by atoms with Crippen LogP contribution >= 0.6 is 11.8 Å². The number of likely N-dealkylation sites (tertiary alicyclic amines) is 1. The number of thioether (sulfide) groups is 1. The van der Waals surface area contributed by atoms with Crippen LogP contribution < -0.4 is 0 Å². The summed E-state index contributed by atoms with van der Waals surface area (Å²) in [6.07, 6.45) is 0.501. The molecule has 0 aromatic rings. The third kappa shape index (κ3) is 3.47. The van der Waals surface area contributed by atoms with E-state index in [1.54, 1.807) is 0 Å². The van der Waals surface area contributed by atoms with Crippen molar-refractivity contribution in [3.8, 4) is 0 Å². The van der Waals surface area contributed by atoms with Gasteiger partial charge in [0, 0.05) is 32.7 Å². The lowest BCUT2D eigenvalue weighted by Crippen LogP contribution is -2.30. The highest BCUT2D eigenvalue weighted by Crippen LogP contribution is 2.14. The van der Waals surface area contributed by atoms with Gasteiger partial charge in [0.15, 0.2) is 10.2 Å². The Morgan fingerprint density at radius 3 is 2.27 bits per heavy atom. The van der Waals surface area contributed by atoms with Crippen LogP contribution in [0.1, 0.15) is 26.2 Å². The molecule has 1 saturated heterocycles. The summed E-state index contributed by atoms with van der Waals surface area (Å²) in [7, 11) is 0. The first-order valence-electron chi connectivity index (χ1n) is 4.55. The van der Waals surface area contributed by atoms with Gasteiger partial charge in [-0.1, -0.05) is 0 Å². The van der Waals surface area contributed by atoms with Gasteiger partial charge in [0.2, 0.25) is 11.8 Å². The van der Waals surface area contributed by atoms with Crippen LogP contribution in [0.4, 0.5) is 0 Å². The normalized spacial score (nSPS) is 15.9. The van der Waals surface area contributed by atoms with E-state index in [1.165, 1.54) is 6.92 Å². The van der Waals surface area contributed by atoms with E-state index in [0.29, 0.717) is 11.8 Å². The van der Waals surface area contributed by atoms with Crippen LogP contribution in [-0.4, -0.2) is 33.5 Å². The minimum atomic E-state index is -0.310. The summed E-state index contributed by atoms with van der Waals surface area (Å²) in [5.74, 6) is -0.471. The van der Waals surface area contributed by atoms with Crippen molar-refractivity contribution >= 4 is 33.8 Å². The number of hydrogen-bond donors (Lipinski definition) is 0. The lowest BCUT2D eigenvalue weighted by molar-refractivity contribution is -0.138. The molecule has 1 aliphatic rings. The Morgan fingerprint density at radius 1 is 1.27 bits per heavy atom. The molecule has 1 fully saturated rings. The Morgan fingerprint density at radius 2 is 1.80 bits per heavy atom. The number of imide groups is 1. The maximum Gasteiger partial charge on any atom is 0.229 e. The van der Waals surface area contributed by atoms with Crippen molar-refractivity contribution in [2.45, 2.75) is 26.2 Å². The zero-order valence-electron chi connectivity index (χ0n) is 8.32. The van der Waals surface area contributed by atoms with Crippen molar-refractivity contribution in [1.29, 1.82) is 0 Å². The first-order valence-corrected chi connectivity index (χ1v) is 5.37. The third-order valence-corrected chi connectivity index (χ3v) is 2.67. The number of amides is 2. The van der Waals surface area contributed by atoms with Gasteiger partial charge in [0.25, 0.3) is 0 Å². The molecule has 15 heavy (non-hydrogen) atoms. The minimum absolute atomic E-state index is 0.0434. The second-order valence-electron chi connectivity index (χ2n) is 3.15. The lowest BCUT2D eigenvalue weighted by atomic mass is 10.4. The van der Waals surface area contributed by atoms with Gasteiger partial charge in [-0.2, -0.15) is 0 Å². The van der Waals surface area contributed by atoms with Gasteiger partial charge < -0.3 is 0 Å². The second-order valence-corrected chi connectivity index (χ2v) is 4.39. The zero-order valence-corrected chi connectivity index (χ0v) is 9.13. The summed E-state index contributed by atoms with van der Waals surface area (Å²) >= 11 is 0.613. The van der Waals surface area contributed by atoms with Crippen molar-refractivity contribution < 1.29 is 19.2 Å². The van der Waals surface area contributed by atoms with Gasteiger partial charge in [0.1, 0.15) is 0 Å². The summed E-state index contributed by atoms with van der Waals surface area (Å²) in [6.45, 7) is 1.39. The molecule has 6 heteroatoms. The fraction of sp³-hybridized carbons (Fsp3) is 0.556. The van der Waals surface area contributed by atoms with Crippen LogP contribution in [0.5, 0.6) is 0 Å². The smallest absolute Gasteiger partial charge is 0.229 e. The van der Waals surface area contributed by atoms with Crippen LogP contribution in [0.15, 0.2) is 0 Å². The number of rotatable bonds is 3. The van der Waals surface area contributed by atoms with Crippen molar-refractivity contribution in [2.75, 3.05) is 6.54 Å². The highest BCUT2D eigenvalue weighted by molar-refractivity contribution is 8.26. The fourth-order valence-corrected chi connectivity index (χ4v) is 1.80. The number of carbonyl (C=O) groups excluding carboxylic acids is 4. The summed E-state index contributed by atoms with van der Waals surface area (Å²) in [6, 6.07) is 0. The molecule has 1 heterocycles. The Bertz CT molecular complexity index is 310. The van der Waals surface area contributed by atoms with Gasteiger partial charge in [-0.3, -0.25) is 24.1 Å². The van der Waals surface area contributed by atoms with E-state index in [-0.39, 0.29) is 47.9 Å². The SMILES string of the molecule is CC(=O)SC(=O)CCN1C(=O)CCC1=O. The van der Waals surface area contributed by atoms with Crippen LogP contribution in [0.25, 0.3) is 0 Å². The van der Waals surface area contributed by atoms with Gasteiger partial charge >= 0.3 is 0 Å². The molecule has 1 aliphatic heterocycles. The molecule has 0 aromatic heterocycles. The number of hydrogen-bond acceptors (Lipinski definition) is 5. The highest BCUT2D eigenvalue weighted by atomic mass is 32.2. The summed E-state index contributed by atoms with van der Waals surface area (Å²) in [5.41, 5.74) is 0. The van der Waals surface area contributed by atoms with Crippen molar-refractivity contribution in [2.24, 2.45) is 0 Å². The topological polar surface area (TPSA) is 71.5 Å². The molecule has 0 radical (unpaired) electrons. The molecule has 0 spiro atoms. The van der Waals surface area contributed by atoms with E-state index in [9.17, 15) is 19.2 Å². The van der Waals surface area contributed by atoms with Crippen LogP contribution in [-0.2, 0) is 19.2 Å². The average molecular weight is 229 g/mol. The molecule has 0 bridgehead atoms. The maximum atomic E-state index is 11.1. The Kier molecular flexibility index (Phi) is 4.02. The molecular weight excluding hydrogens is 218 g/mol. The quantitative estimate of drug-likeness (QED) is 0.652. The highest BCUT2D eigenvalue weighted by Gasteiger charge is 2.28. The summed E-state index contributed by atoms with van der Waals surface area (Å²) in [5, 5.41) is -0.589. The molecule has 0 aliphatic carbocycles. The molecule has 0 N–H and O–H groups in total. The largest absolute Gasteiger partial charge is 0.287 e. The molecule has 0 atom stereocenters. The molecule has 0 unspecified atom stereocenters. The number of nitrogens with zero attached hydrogens (tertiary/aromatic N) is 1. The Balaban J connectivity index is 2.36. The molecule has 0 saturated carbocycles. The van der Waals surface area contributed by atoms with E-state index >= 15 is 0 Å². The standard InChI is InChI=1S/C9H11NO4S/c1-6(11)15-9(14)4-5-10-7(12)2-3-8(10)13/h2-5H2,1H3. The van der Waals surface area contributed by atoms with Gasteiger partial charge in [-0.15, -0.1) is 0 Å². The van der Waals surface area contributed by atoms with Crippen LogP contribution in [0, 0.1) is 0 Å². The Labute approximate surface area is 91.2 Å². The van der Waals surface area contributed by atoms with Gasteiger partial charge in [-0.05, 0) is 11.8 Å². The maximum absolute atomic E-state index is 11.1. The van der Waals surface area contributed by atoms with Gasteiger partial charge in [0.05, 0.1) is 0 Å². The van der Waals surface area contributed by atoms with Crippen LogP contribution in [0.2, 0.25) is 0 Å². The molecule has 2 amide bonds. The monoisotopic (exact) mass is 229 g/mol. The fourth-order valence-electron chi connectivity index (χ4n) is 1.29.